The number of rotatable bonds is 2. The van der Waals surface area contributed by atoms with E-state index in [-0.39, 0.29) is 5.91 Å². The molecule has 0 atom stereocenters. The highest BCUT2D eigenvalue weighted by atomic mass is 16.4. The van der Waals surface area contributed by atoms with Gasteiger partial charge in [-0.2, -0.15) is 0 Å². The van der Waals surface area contributed by atoms with Crippen LogP contribution in [0.5, 0.6) is 0 Å². The van der Waals surface area contributed by atoms with Crippen molar-refractivity contribution in [1.82, 2.24) is 0 Å². The first-order chi connectivity index (χ1) is 8.58. The van der Waals surface area contributed by atoms with Gasteiger partial charge in [0.25, 0.3) is 5.91 Å². The Morgan fingerprint density at radius 2 is 2.11 bits per heavy atom. The van der Waals surface area contributed by atoms with E-state index in [1.54, 1.807) is 4.90 Å². The fourth-order valence-electron chi connectivity index (χ4n) is 2.19. The van der Waals surface area contributed by atoms with Crippen molar-refractivity contribution < 1.29 is 14.7 Å². The van der Waals surface area contributed by atoms with E-state index in [1.807, 2.05) is 19.1 Å². The number of carbonyl (C=O) groups excluding carboxylic acids is 1. The zero-order valence-electron chi connectivity index (χ0n) is 10.2. The predicted octanol–water partition coefficient (Wildman–Crippen LogP) is 1.92. The van der Waals surface area contributed by atoms with E-state index in [9.17, 15) is 9.59 Å². The smallest absolute Gasteiger partial charge is 0.328 e. The van der Waals surface area contributed by atoms with Gasteiger partial charge in [0.2, 0.25) is 0 Å². The van der Waals surface area contributed by atoms with E-state index in [0.717, 1.165) is 36.2 Å². The first-order valence-corrected chi connectivity index (χ1v) is 5.90. The van der Waals surface area contributed by atoms with Crippen molar-refractivity contribution in [1.29, 1.82) is 0 Å². The summed E-state index contributed by atoms with van der Waals surface area (Å²) in [6.45, 7) is 2.66. The Hall–Kier alpha value is -2.10. The maximum absolute atomic E-state index is 11.9. The molecule has 4 nitrogen and oxygen atoms in total. The lowest BCUT2D eigenvalue weighted by atomic mass is 9.99. The summed E-state index contributed by atoms with van der Waals surface area (Å²) in [6, 6.07) is 5.97. The zero-order valence-corrected chi connectivity index (χ0v) is 10.2. The molecule has 0 unspecified atom stereocenters. The molecule has 0 radical (unpaired) electrons. The second-order valence-corrected chi connectivity index (χ2v) is 4.40. The summed E-state index contributed by atoms with van der Waals surface area (Å²) in [6.07, 6.45) is 3.86. The fraction of sp³-hybridized carbons (Fsp3) is 0.286. The van der Waals surface area contributed by atoms with E-state index in [2.05, 4.69) is 6.07 Å². The van der Waals surface area contributed by atoms with Crippen LogP contribution in [0, 0.1) is 6.92 Å². The number of hydrogen-bond acceptors (Lipinski definition) is 2. The van der Waals surface area contributed by atoms with Crippen molar-refractivity contribution in [3.63, 3.8) is 0 Å². The molecule has 0 spiro atoms. The minimum absolute atomic E-state index is 0.276. The molecule has 0 aliphatic carbocycles. The largest absolute Gasteiger partial charge is 0.478 e. The number of anilines is 1. The van der Waals surface area contributed by atoms with E-state index in [1.165, 1.54) is 5.56 Å². The Kier molecular flexibility index (Phi) is 3.46. The lowest BCUT2D eigenvalue weighted by Gasteiger charge is -2.28. The van der Waals surface area contributed by atoms with Gasteiger partial charge in [-0.05, 0) is 31.4 Å². The number of aliphatic carboxylic acids is 1. The number of benzene rings is 1. The summed E-state index contributed by atoms with van der Waals surface area (Å²) >= 11 is 0. The van der Waals surface area contributed by atoms with Crippen LogP contribution in [0.4, 0.5) is 5.69 Å². The first-order valence-electron chi connectivity index (χ1n) is 5.90. The average Bonchev–Trinajstić information content (AvgIpc) is 2.34. The third-order valence-corrected chi connectivity index (χ3v) is 2.99. The first kappa shape index (κ1) is 12.4. The maximum atomic E-state index is 11.9. The van der Waals surface area contributed by atoms with Gasteiger partial charge in [0.05, 0.1) is 0 Å². The molecule has 0 aromatic heterocycles. The summed E-state index contributed by atoms with van der Waals surface area (Å²) in [5.74, 6) is -1.38. The standard InChI is InChI=1S/C14H15NO3/c1-10-4-5-12-11(9-10)3-2-8-15(12)13(16)6-7-14(17)18/h4-7,9H,2-3,8H2,1H3,(H,17,18)/b7-6+. The highest BCUT2D eigenvalue weighted by molar-refractivity contribution is 6.04. The molecule has 1 N–H and O–H groups in total. The summed E-state index contributed by atoms with van der Waals surface area (Å²) in [7, 11) is 0. The van der Waals surface area contributed by atoms with Crippen LogP contribution in [-0.4, -0.2) is 23.5 Å². The molecular formula is C14H15NO3. The monoisotopic (exact) mass is 245 g/mol. The topological polar surface area (TPSA) is 57.6 Å². The number of carbonyl (C=O) groups is 2. The Morgan fingerprint density at radius 3 is 2.83 bits per heavy atom. The Morgan fingerprint density at radius 1 is 1.33 bits per heavy atom. The molecule has 1 aromatic carbocycles. The van der Waals surface area contributed by atoms with Crippen LogP contribution in [0.25, 0.3) is 0 Å². The van der Waals surface area contributed by atoms with E-state index in [0.29, 0.717) is 6.54 Å². The fourth-order valence-corrected chi connectivity index (χ4v) is 2.19. The molecule has 1 heterocycles. The molecule has 2 rings (SSSR count). The van der Waals surface area contributed by atoms with Gasteiger partial charge in [0.1, 0.15) is 0 Å². The highest BCUT2D eigenvalue weighted by Gasteiger charge is 2.20. The molecule has 0 saturated heterocycles. The van der Waals surface area contributed by atoms with Gasteiger partial charge in [-0.1, -0.05) is 17.7 Å². The molecule has 94 valence electrons. The van der Waals surface area contributed by atoms with Gasteiger partial charge in [0.15, 0.2) is 0 Å². The lowest BCUT2D eigenvalue weighted by Crippen LogP contribution is -2.34. The number of nitrogens with zero attached hydrogens (tertiary/aromatic N) is 1. The second kappa shape index (κ2) is 5.04. The number of fused-ring (bicyclic) bond motifs is 1. The minimum atomic E-state index is -1.11. The molecule has 1 aliphatic heterocycles. The summed E-state index contributed by atoms with van der Waals surface area (Å²) in [4.78, 5) is 24.0. The quantitative estimate of drug-likeness (QED) is 0.810. The van der Waals surface area contributed by atoms with Gasteiger partial charge < -0.3 is 10.0 Å². The molecule has 1 amide bonds. The number of aryl methyl sites for hydroxylation is 2. The minimum Gasteiger partial charge on any atom is -0.478 e. The van der Waals surface area contributed by atoms with Gasteiger partial charge in [-0.15, -0.1) is 0 Å². The van der Waals surface area contributed by atoms with Crippen molar-refractivity contribution in [3.8, 4) is 0 Å². The van der Waals surface area contributed by atoms with Crippen LogP contribution < -0.4 is 4.90 Å². The Bertz CT molecular complexity index is 520. The van der Waals surface area contributed by atoms with Crippen LogP contribution >= 0.6 is 0 Å². The van der Waals surface area contributed by atoms with E-state index in [4.69, 9.17) is 5.11 Å². The number of amides is 1. The maximum Gasteiger partial charge on any atom is 0.328 e. The molecule has 0 fully saturated rings. The molecular weight excluding hydrogens is 230 g/mol. The van der Waals surface area contributed by atoms with Crippen molar-refractivity contribution in [3.05, 3.63) is 41.5 Å². The van der Waals surface area contributed by atoms with Gasteiger partial charge in [0, 0.05) is 24.4 Å². The summed E-state index contributed by atoms with van der Waals surface area (Å²) < 4.78 is 0. The third kappa shape index (κ3) is 2.59. The molecule has 1 aliphatic rings. The van der Waals surface area contributed by atoms with Crippen molar-refractivity contribution >= 4 is 17.6 Å². The average molecular weight is 245 g/mol. The molecule has 0 bridgehead atoms. The molecule has 18 heavy (non-hydrogen) atoms. The number of carboxylic acids is 1. The predicted molar refractivity (Wildman–Crippen MR) is 68.6 cm³/mol. The van der Waals surface area contributed by atoms with Crippen LogP contribution in [0.3, 0.4) is 0 Å². The highest BCUT2D eigenvalue weighted by Crippen LogP contribution is 2.28. The zero-order chi connectivity index (χ0) is 13.1. The van der Waals surface area contributed by atoms with Crippen LogP contribution in [0.15, 0.2) is 30.4 Å². The Labute approximate surface area is 106 Å². The van der Waals surface area contributed by atoms with Crippen molar-refractivity contribution in [2.24, 2.45) is 0 Å². The van der Waals surface area contributed by atoms with Gasteiger partial charge >= 0.3 is 5.97 Å². The summed E-state index contributed by atoms with van der Waals surface area (Å²) in [5, 5.41) is 8.53. The number of hydrogen-bond donors (Lipinski definition) is 1. The summed E-state index contributed by atoms with van der Waals surface area (Å²) in [5.41, 5.74) is 3.22. The molecule has 0 saturated carbocycles. The SMILES string of the molecule is Cc1ccc2c(c1)CCCN2C(=O)/C=C/C(=O)O. The van der Waals surface area contributed by atoms with E-state index < -0.39 is 5.97 Å². The van der Waals surface area contributed by atoms with Gasteiger partial charge in [-0.25, -0.2) is 4.79 Å². The number of carboxylic acid groups (broad SMARTS) is 1. The second-order valence-electron chi connectivity index (χ2n) is 4.40. The van der Waals surface area contributed by atoms with Crippen LogP contribution in [0.2, 0.25) is 0 Å². The van der Waals surface area contributed by atoms with E-state index >= 15 is 0 Å². The van der Waals surface area contributed by atoms with Crippen molar-refractivity contribution in [2.45, 2.75) is 19.8 Å². The van der Waals surface area contributed by atoms with Crippen LogP contribution in [0.1, 0.15) is 17.5 Å². The lowest BCUT2D eigenvalue weighted by molar-refractivity contribution is -0.131. The van der Waals surface area contributed by atoms with Gasteiger partial charge in [-0.3, -0.25) is 4.79 Å². The molecule has 4 heteroatoms. The normalized spacial score (nSPS) is 14.6. The van der Waals surface area contributed by atoms with Crippen molar-refractivity contribution in [2.75, 3.05) is 11.4 Å². The Balaban J connectivity index is 2.27. The van der Waals surface area contributed by atoms with Crippen LogP contribution in [-0.2, 0) is 16.0 Å². The third-order valence-electron chi connectivity index (χ3n) is 2.99. The molecule has 1 aromatic rings.